The first-order valence-corrected chi connectivity index (χ1v) is 12.8. The second kappa shape index (κ2) is 9.84. The van der Waals surface area contributed by atoms with Crippen LogP contribution in [0.3, 0.4) is 0 Å². The first-order valence-electron chi connectivity index (χ1n) is 12.8. The lowest BCUT2D eigenvalue weighted by Crippen LogP contribution is -2.51. The molecule has 1 atom stereocenters. The van der Waals surface area contributed by atoms with Crippen molar-refractivity contribution in [1.82, 2.24) is 25.0 Å². The third-order valence-corrected chi connectivity index (χ3v) is 7.68. The van der Waals surface area contributed by atoms with E-state index in [1.54, 1.807) is 7.11 Å². The summed E-state index contributed by atoms with van der Waals surface area (Å²) in [7, 11) is 1.69. The largest absolute Gasteiger partial charge is 0.497 e. The molecule has 2 aliphatic heterocycles. The van der Waals surface area contributed by atoms with E-state index in [1.807, 2.05) is 36.7 Å². The van der Waals surface area contributed by atoms with Crippen LogP contribution in [0, 0.1) is 5.92 Å². The monoisotopic (exact) mass is 471 g/mol. The van der Waals surface area contributed by atoms with E-state index >= 15 is 0 Å². The lowest BCUT2D eigenvalue weighted by Gasteiger charge is -2.43. The zero-order valence-corrected chi connectivity index (χ0v) is 20.3. The lowest BCUT2D eigenvalue weighted by atomic mass is 9.87. The van der Waals surface area contributed by atoms with Crippen LogP contribution in [0.25, 0.3) is 21.9 Å². The Morgan fingerprint density at radius 1 is 0.943 bits per heavy atom. The van der Waals surface area contributed by atoms with Crippen molar-refractivity contribution >= 4 is 21.9 Å². The van der Waals surface area contributed by atoms with Gasteiger partial charge in [0.05, 0.1) is 25.4 Å². The highest BCUT2D eigenvalue weighted by Gasteiger charge is 2.29. The molecule has 0 radical (unpaired) electrons. The number of benzene rings is 1. The van der Waals surface area contributed by atoms with Crippen molar-refractivity contribution in [3.05, 3.63) is 60.6 Å². The third-order valence-electron chi connectivity index (χ3n) is 7.68. The van der Waals surface area contributed by atoms with Gasteiger partial charge in [0, 0.05) is 55.3 Å². The maximum atomic E-state index is 6.11. The van der Waals surface area contributed by atoms with E-state index in [1.165, 1.54) is 36.6 Å². The van der Waals surface area contributed by atoms with Gasteiger partial charge in [0.2, 0.25) is 0 Å². The van der Waals surface area contributed by atoms with E-state index < -0.39 is 0 Å². The fourth-order valence-corrected chi connectivity index (χ4v) is 5.81. The van der Waals surface area contributed by atoms with Crippen molar-refractivity contribution in [2.75, 3.05) is 39.9 Å². The van der Waals surface area contributed by atoms with Crippen molar-refractivity contribution < 1.29 is 9.47 Å². The van der Waals surface area contributed by atoms with Crippen LogP contribution >= 0.6 is 0 Å². The van der Waals surface area contributed by atoms with Crippen LogP contribution in [0.1, 0.15) is 37.2 Å². The highest BCUT2D eigenvalue weighted by molar-refractivity contribution is 6.05. The molecular weight excluding hydrogens is 438 g/mol. The summed E-state index contributed by atoms with van der Waals surface area (Å²) in [6.07, 6.45) is 10.6. The molecule has 2 aliphatic rings. The number of nitrogens with zero attached hydrogens (tertiary/aromatic N) is 4. The Balaban J connectivity index is 1.08. The molecule has 7 nitrogen and oxygen atoms in total. The highest BCUT2D eigenvalue weighted by Crippen LogP contribution is 2.36. The molecule has 4 aromatic rings. The second-order valence-corrected chi connectivity index (χ2v) is 9.80. The molecule has 6 rings (SSSR count). The maximum Gasteiger partial charge on any atom is 0.159 e. The first kappa shape index (κ1) is 22.3. The SMILES string of the molecule is COc1ccc(OCC2CCCN(N3CCC(c4cc[nH]c5cnc6nccc6c45)CC3)C2)cc1. The molecule has 3 aromatic heterocycles. The van der Waals surface area contributed by atoms with Gasteiger partial charge in [0.25, 0.3) is 0 Å². The van der Waals surface area contributed by atoms with E-state index in [-0.39, 0.29) is 0 Å². The summed E-state index contributed by atoms with van der Waals surface area (Å²) in [5.41, 5.74) is 3.37. The summed E-state index contributed by atoms with van der Waals surface area (Å²) < 4.78 is 11.4. The number of rotatable bonds is 6. The van der Waals surface area contributed by atoms with E-state index in [0.717, 1.165) is 60.8 Å². The summed E-state index contributed by atoms with van der Waals surface area (Å²) in [4.78, 5) is 12.3. The standard InChI is InChI=1S/C28H33N5O2/c1-34-22-4-6-23(7-5-22)35-19-20-3-2-14-33(18-20)32-15-10-21(11-16-32)24-8-12-29-26-17-31-28-25(27(24)26)9-13-30-28/h4-9,12-13,17,20-21,29H,2-3,10-11,14-16,18-19H2,1H3. The number of aromatic nitrogens is 3. The number of piperidine rings is 2. The summed E-state index contributed by atoms with van der Waals surface area (Å²) in [6.45, 7) is 5.20. The van der Waals surface area contributed by atoms with Crippen LogP contribution in [0.2, 0.25) is 0 Å². The van der Waals surface area contributed by atoms with Gasteiger partial charge in [-0.05, 0) is 73.6 Å². The first-order chi connectivity index (χ1) is 17.3. The summed E-state index contributed by atoms with van der Waals surface area (Å²) >= 11 is 0. The summed E-state index contributed by atoms with van der Waals surface area (Å²) in [5.74, 6) is 2.89. The number of hydrazine groups is 1. The number of hydrogen-bond acceptors (Lipinski definition) is 6. The Kier molecular flexibility index (Phi) is 6.27. The molecule has 1 N–H and O–H groups in total. The Labute approximate surface area is 206 Å². The van der Waals surface area contributed by atoms with Crippen molar-refractivity contribution in [3.63, 3.8) is 0 Å². The zero-order chi connectivity index (χ0) is 23.6. The maximum absolute atomic E-state index is 6.11. The van der Waals surface area contributed by atoms with Gasteiger partial charge in [0.1, 0.15) is 11.5 Å². The molecule has 0 saturated carbocycles. The minimum Gasteiger partial charge on any atom is -0.497 e. The fraction of sp³-hybridized carbons (Fsp3) is 0.429. The number of pyridine rings is 2. The van der Waals surface area contributed by atoms with E-state index in [0.29, 0.717) is 11.8 Å². The molecule has 0 aliphatic carbocycles. The van der Waals surface area contributed by atoms with Crippen LogP contribution in [0.15, 0.2) is 55.0 Å². The molecule has 0 amide bonds. The molecule has 7 heteroatoms. The molecule has 5 heterocycles. The lowest BCUT2D eigenvalue weighted by molar-refractivity contribution is -0.0737. The minimum atomic E-state index is 0.558. The molecular formula is C28H33N5O2. The molecule has 182 valence electrons. The van der Waals surface area contributed by atoms with Crippen LogP contribution < -0.4 is 9.47 Å². The van der Waals surface area contributed by atoms with Crippen LogP contribution in [-0.4, -0.2) is 64.9 Å². The van der Waals surface area contributed by atoms with Crippen molar-refractivity contribution in [1.29, 1.82) is 0 Å². The van der Waals surface area contributed by atoms with Gasteiger partial charge in [-0.2, -0.15) is 0 Å². The van der Waals surface area contributed by atoms with Gasteiger partial charge in [-0.15, -0.1) is 0 Å². The number of ether oxygens (including phenoxy) is 2. The number of fused-ring (bicyclic) bond motifs is 3. The van der Waals surface area contributed by atoms with Crippen LogP contribution in [0.4, 0.5) is 0 Å². The van der Waals surface area contributed by atoms with Gasteiger partial charge in [-0.1, -0.05) is 0 Å². The number of H-pyrrole nitrogens is 1. The predicted molar refractivity (Wildman–Crippen MR) is 138 cm³/mol. The molecule has 0 bridgehead atoms. The highest BCUT2D eigenvalue weighted by atomic mass is 16.5. The quantitative estimate of drug-likeness (QED) is 0.427. The van der Waals surface area contributed by atoms with Gasteiger partial charge in [0.15, 0.2) is 5.65 Å². The van der Waals surface area contributed by atoms with E-state index in [2.05, 4.69) is 43.3 Å². The van der Waals surface area contributed by atoms with Gasteiger partial charge in [-0.25, -0.2) is 20.0 Å². The Morgan fingerprint density at radius 2 is 1.77 bits per heavy atom. The number of methoxy groups -OCH3 is 1. The zero-order valence-electron chi connectivity index (χ0n) is 20.3. The third kappa shape index (κ3) is 4.58. The van der Waals surface area contributed by atoms with Gasteiger partial charge < -0.3 is 14.5 Å². The topological polar surface area (TPSA) is 66.5 Å². The summed E-state index contributed by atoms with van der Waals surface area (Å²) in [5, 5.41) is 7.63. The van der Waals surface area contributed by atoms with E-state index in [4.69, 9.17) is 9.47 Å². The fourth-order valence-electron chi connectivity index (χ4n) is 5.81. The van der Waals surface area contributed by atoms with Crippen molar-refractivity contribution in [3.8, 4) is 11.5 Å². The smallest absolute Gasteiger partial charge is 0.159 e. The average Bonchev–Trinajstić information content (AvgIpc) is 3.41. The molecule has 1 aromatic carbocycles. The summed E-state index contributed by atoms with van der Waals surface area (Å²) in [6, 6.07) is 12.3. The van der Waals surface area contributed by atoms with Gasteiger partial charge >= 0.3 is 0 Å². The average molecular weight is 472 g/mol. The Bertz CT molecular complexity index is 1280. The molecule has 35 heavy (non-hydrogen) atoms. The second-order valence-electron chi connectivity index (χ2n) is 9.80. The molecule has 2 saturated heterocycles. The number of hydrogen-bond donors (Lipinski definition) is 1. The molecule has 0 spiro atoms. The van der Waals surface area contributed by atoms with E-state index in [9.17, 15) is 0 Å². The number of aromatic amines is 1. The predicted octanol–water partition coefficient (Wildman–Crippen LogP) is 5.01. The Morgan fingerprint density at radius 3 is 2.60 bits per heavy atom. The van der Waals surface area contributed by atoms with Crippen molar-refractivity contribution in [2.45, 2.75) is 31.6 Å². The molecule has 1 unspecified atom stereocenters. The molecule has 2 fully saturated rings. The van der Waals surface area contributed by atoms with Crippen molar-refractivity contribution in [2.24, 2.45) is 5.92 Å². The Hall–Kier alpha value is -3.16. The normalized spacial score (nSPS) is 20.4. The van der Waals surface area contributed by atoms with Gasteiger partial charge in [-0.3, -0.25) is 0 Å². The van der Waals surface area contributed by atoms with Crippen LogP contribution in [0.5, 0.6) is 11.5 Å². The number of nitrogens with one attached hydrogen (secondary N) is 1. The minimum absolute atomic E-state index is 0.558. The van der Waals surface area contributed by atoms with Crippen LogP contribution in [-0.2, 0) is 0 Å².